The van der Waals surface area contributed by atoms with Crippen molar-refractivity contribution in [2.75, 3.05) is 12.3 Å². The van der Waals surface area contributed by atoms with E-state index >= 15 is 0 Å². The third-order valence-electron chi connectivity index (χ3n) is 4.69. The first-order valence-corrected chi connectivity index (χ1v) is 8.60. The van der Waals surface area contributed by atoms with Gasteiger partial charge in [0.1, 0.15) is 11.5 Å². The van der Waals surface area contributed by atoms with Crippen LogP contribution < -0.4 is 10.5 Å². The molecule has 0 bridgehead atoms. The Hall–Kier alpha value is -3.60. The average Bonchev–Trinajstić information content (AvgIpc) is 2.68. The molecule has 134 valence electrons. The third kappa shape index (κ3) is 2.56. The largest absolute Gasteiger partial charge is 0.507 e. The van der Waals surface area contributed by atoms with Crippen LogP contribution in [0.2, 0.25) is 0 Å². The first-order valence-electron chi connectivity index (χ1n) is 8.60. The van der Waals surface area contributed by atoms with Gasteiger partial charge >= 0.3 is 0 Å². The number of aromatic hydroxyl groups is 1. The van der Waals surface area contributed by atoms with Gasteiger partial charge in [-0.15, -0.1) is 0 Å². The predicted molar refractivity (Wildman–Crippen MR) is 102 cm³/mol. The highest BCUT2D eigenvalue weighted by Crippen LogP contribution is 2.41. The molecule has 1 aliphatic rings. The lowest BCUT2D eigenvalue weighted by atomic mass is 9.81. The first kappa shape index (κ1) is 16.8. The molecule has 0 saturated heterocycles. The number of ketones is 2. The minimum Gasteiger partial charge on any atom is -0.507 e. The number of nitrogen functional groups attached to an aromatic ring is 1. The molecule has 1 aliphatic carbocycles. The molecule has 27 heavy (non-hydrogen) atoms. The summed E-state index contributed by atoms with van der Waals surface area (Å²) in [6.45, 7) is 2.45. The number of hydrogen-bond donors (Lipinski definition) is 2. The fraction of sp³-hybridized carbons (Fsp3) is 0.0909. The fourth-order valence-corrected chi connectivity index (χ4v) is 3.43. The summed E-state index contributed by atoms with van der Waals surface area (Å²) >= 11 is 0. The molecule has 5 nitrogen and oxygen atoms in total. The van der Waals surface area contributed by atoms with Crippen LogP contribution in [0.4, 0.5) is 5.69 Å². The lowest BCUT2D eigenvalue weighted by Crippen LogP contribution is -2.22. The van der Waals surface area contributed by atoms with Crippen molar-refractivity contribution in [1.82, 2.24) is 0 Å². The predicted octanol–water partition coefficient (Wildman–Crippen LogP) is 3.82. The van der Waals surface area contributed by atoms with Crippen LogP contribution in [0, 0.1) is 0 Å². The molecule has 0 amide bonds. The van der Waals surface area contributed by atoms with Crippen molar-refractivity contribution >= 4 is 17.3 Å². The quantitative estimate of drug-likeness (QED) is 0.429. The lowest BCUT2D eigenvalue weighted by Gasteiger charge is -2.22. The maximum Gasteiger partial charge on any atom is 0.198 e. The molecule has 0 radical (unpaired) electrons. The van der Waals surface area contributed by atoms with Gasteiger partial charge in [-0.1, -0.05) is 36.4 Å². The highest BCUT2D eigenvalue weighted by atomic mass is 16.5. The number of phenolic OH excluding ortho intramolecular Hbond substituents is 1. The number of carbonyl (C=O) groups is 2. The third-order valence-corrected chi connectivity index (χ3v) is 4.69. The van der Waals surface area contributed by atoms with Gasteiger partial charge in [0.25, 0.3) is 0 Å². The number of hydrogen-bond acceptors (Lipinski definition) is 5. The highest BCUT2D eigenvalue weighted by molar-refractivity contribution is 6.31. The van der Waals surface area contributed by atoms with Gasteiger partial charge in [0.15, 0.2) is 11.6 Å². The summed E-state index contributed by atoms with van der Waals surface area (Å²) in [5.41, 5.74) is 8.28. The molecule has 0 spiro atoms. The van der Waals surface area contributed by atoms with Gasteiger partial charge in [0.05, 0.1) is 23.4 Å². The maximum absolute atomic E-state index is 13.0. The summed E-state index contributed by atoms with van der Waals surface area (Å²) in [5.74, 6) is -0.304. The van der Waals surface area contributed by atoms with Crippen molar-refractivity contribution in [3.05, 3.63) is 76.9 Å². The van der Waals surface area contributed by atoms with Crippen molar-refractivity contribution in [2.24, 2.45) is 0 Å². The molecule has 0 fully saturated rings. The average molecular weight is 359 g/mol. The van der Waals surface area contributed by atoms with Gasteiger partial charge in [-0.25, -0.2) is 0 Å². The Bertz CT molecular complexity index is 1080. The van der Waals surface area contributed by atoms with E-state index in [0.717, 1.165) is 0 Å². The Morgan fingerprint density at radius 3 is 2.07 bits per heavy atom. The van der Waals surface area contributed by atoms with Crippen molar-refractivity contribution in [2.45, 2.75) is 6.92 Å². The number of fused-ring (bicyclic) bond motifs is 2. The number of anilines is 1. The van der Waals surface area contributed by atoms with E-state index in [9.17, 15) is 14.7 Å². The van der Waals surface area contributed by atoms with E-state index < -0.39 is 5.78 Å². The Balaban J connectivity index is 1.90. The number of carbonyl (C=O) groups excluding carboxylic acids is 2. The van der Waals surface area contributed by atoms with Gasteiger partial charge in [-0.05, 0) is 30.7 Å². The van der Waals surface area contributed by atoms with Crippen molar-refractivity contribution in [1.29, 1.82) is 0 Å². The van der Waals surface area contributed by atoms with Crippen molar-refractivity contribution in [3.8, 4) is 22.6 Å². The highest BCUT2D eigenvalue weighted by Gasteiger charge is 2.34. The van der Waals surface area contributed by atoms with E-state index in [2.05, 4.69) is 0 Å². The standard InChI is InChI=1S/C22H17NO4/c1-2-27-13-9-7-12(8-10-13)16-11-17(24)18-19(20(16)23)22(26)15-6-4-3-5-14(15)21(18)25/h3-11,24H,2,23H2,1H3. The molecule has 0 atom stereocenters. The van der Waals surface area contributed by atoms with Crippen LogP contribution >= 0.6 is 0 Å². The Morgan fingerprint density at radius 2 is 1.48 bits per heavy atom. The molecule has 0 unspecified atom stereocenters. The van der Waals surface area contributed by atoms with E-state index in [0.29, 0.717) is 29.0 Å². The van der Waals surface area contributed by atoms with Crippen molar-refractivity contribution < 1.29 is 19.4 Å². The zero-order valence-corrected chi connectivity index (χ0v) is 14.7. The summed E-state index contributed by atoms with van der Waals surface area (Å²) in [6, 6.07) is 15.2. The molecule has 5 heteroatoms. The Labute approximate surface area is 156 Å². The topological polar surface area (TPSA) is 89.6 Å². The molecular formula is C22H17NO4. The van der Waals surface area contributed by atoms with Crippen molar-refractivity contribution in [3.63, 3.8) is 0 Å². The summed E-state index contributed by atoms with van der Waals surface area (Å²) in [7, 11) is 0. The van der Waals surface area contributed by atoms with Gasteiger partial charge in [-0.2, -0.15) is 0 Å². The maximum atomic E-state index is 13.0. The van der Waals surface area contributed by atoms with E-state index in [-0.39, 0.29) is 33.9 Å². The zero-order chi connectivity index (χ0) is 19.1. The second-order valence-electron chi connectivity index (χ2n) is 6.27. The summed E-state index contributed by atoms with van der Waals surface area (Å²) in [5, 5.41) is 10.5. The SMILES string of the molecule is CCOc1ccc(-c2cc(O)c3c(c2N)C(=O)c2ccccc2C3=O)cc1. The molecular weight excluding hydrogens is 342 g/mol. The molecule has 0 aliphatic heterocycles. The smallest absolute Gasteiger partial charge is 0.198 e. The van der Waals surface area contributed by atoms with E-state index in [4.69, 9.17) is 10.5 Å². The molecule has 3 aromatic carbocycles. The van der Waals surface area contributed by atoms with Crippen LogP contribution in [0.3, 0.4) is 0 Å². The summed E-state index contributed by atoms with van der Waals surface area (Å²) in [4.78, 5) is 25.8. The van der Waals surface area contributed by atoms with Crippen LogP contribution in [-0.2, 0) is 0 Å². The fourth-order valence-electron chi connectivity index (χ4n) is 3.43. The first-order chi connectivity index (χ1) is 13.0. The summed E-state index contributed by atoms with van der Waals surface area (Å²) in [6.07, 6.45) is 0. The lowest BCUT2D eigenvalue weighted by molar-refractivity contribution is 0.0977. The molecule has 0 heterocycles. The minimum atomic E-state index is -0.400. The monoisotopic (exact) mass is 359 g/mol. The van der Waals surface area contributed by atoms with E-state index in [1.54, 1.807) is 48.5 Å². The van der Waals surface area contributed by atoms with Crippen LogP contribution in [0.1, 0.15) is 38.8 Å². The van der Waals surface area contributed by atoms with E-state index in [1.807, 2.05) is 6.92 Å². The number of rotatable bonds is 3. The molecule has 4 rings (SSSR count). The second kappa shape index (κ2) is 6.29. The molecule has 0 aromatic heterocycles. The number of nitrogens with two attached hydrogens (primary N) is 1. The van der Waals surface area contributed by atoms with Gasteiger partial charge in [0.2, 0.25) is 0 Å². The minimum absolute atomic E-state index is 0.0362. The molecule has 3 aromatic rings. The van der Waals surface area contributed by atoms with Gasteiger partial charge in [0, 0.05) is 16.7 Å². The number of ether oxygens (including phenoxy) is 1. The van der Waals surface area contributed by atoms with Gasteiger partial charge in [-0.3, -0.25) is 9.59 Å². The van der Waals surface area contributed by atoms with Crippen LogP contribution in [-0.4, -0.2) is 23.3 Å². The molecule has 0 saturated carbocycles. The normalized spacial score (nSPS) is 12.5. The Kier molecular flexibility index (Phi) is 3.92. The van der Waals surface area contributed by atoms with Crippen LogP contribution in [0.25, 0.3) is 11.1 Å². The van der Waals surface area contributed by atoms with Gasteiger partial charge < -0.3 is 15.6 Å². The van der Waals surface area contributed by atoms with Crippen LogP contribution in [0.15, 0.2) is 54.6 Å². The van der Waals surface area contributed by atoms with Crippen LogP contribution in [0.5, 0.6) is 11.5 Å². The number of benzene rings is 3. The zero-order valence-electron chi connectivity index (χ0n) is 14.7. The van der Waals surface area contributed by atoms with E-state index in [1.165, 1.54) is 6.07 Å². The number of phenols is 1. The summed E-state index contributed by atoms with van der Waals surface area (Å²) < 4.78 is 5.43. The second-order valence-corrected chi connectivity index (χ2v) is 6.27. The molecule has 3 N–H and O–H groups in total. The Morgan fingerprint density at radius 1 is 0.889 bits per heavy atom.